The summed E-state index contributed by atoms with van der Waals surface area (Å²) < 4.78 is 0.501. The number of rotatable bonds is 0. The summed E-state index contributed by atoms with van der Waals surface area (Å²) >= 11 is 3.04. The van der Waals surface area contributed by atoms with Crippen LogP contribution in [-0.4, -0.2) is 9.97 Å². The van der Waals surface area contributed by atoms with Gasteiger partial charge in [0.05, 0.1) is 5.56 Å². The van der Waals surface area contributed by atoms with Crippen molar-refractivity contribution in [2.45, 2.75) is 0 Å². The van der Waals surface area contributed by atoms with Crippen LogP contribution in [0.25, 0.3) is 0 Å². The van der Waals surface area contributed by atoms with E-state index in [2.05, 4.69) is 25.9 Å². The van der Waals surface area contributed by atoms with Crippen LogP contribution in [0.4, 0.5) is 0 Å². The fraction of sp³-hybridized carbons (Fsp3) is 0. The summed E-state index contributed by atoms with van der Waals surface area (Å²) in [6, 6.07) is 1.91. The van der Waals surface area contributed by atoms with Crippen molar-refractivity contribution in [1.82, 2.24) is 9.97 Å². The van der Waals surface area contributed by atoms with E-state index in [1.807, 2.05) is 6.07 Å². The van der Waals surface area contributed by atoms with Gasteiger partial charge in [-0.25, -0.2) is 9.97 Å². The Morgan fingerprint density at radius 2 is 2.00 bits per heavy atom. The van der Waals surface area contributed by atoms with Gasteiger partial charge in [-0.3, -0.25) is 0 Å². The van der Waals surface area contributed by atoms with Gasteiger partial charge in [0.25, 0.3) is 0 Å². The fourth-order valence-corrected chi connectivity index (χ4v) is 0.575. The number of halogens is 1. The van der Waals surface area contributed by atoms with E-state index in [1.54, 1.807) is 0 Å². The topological polar surface area (TPSA) is 49.6 Å². The lowest BCUT2D eigenvalue weighted by Gasteiger charge is -1.84. The first-order chi connectivity index (χ1) is 4.33. The quantitative estimate of drug-likeness (QED) is 0.567. The van der Waals surface area contributed by atoms with E-state index in [4.69, 9.17) is 5.26 Å². The summed E-state index contributed by atoms with van der Waals surface area (Å²) in [5, 5.41) is 8.28. The summed E-state index contributed by atoms with van der Waals surface area (Å²) in [4.78, 5) is 7.47. The van der Waals surface area contributed by atoms with E-state index in [1.165, 1.54) is 12.4 Å². The summed E-state index contributed by atoms with van der Waals surface area (Å²) in [7, 11) is 0. The Morgan fingerprint density at radius 1 is 1.44 bits per heavy atom. The second kappa shape index (κ2) is 2.55. The predicted molar refractivity (Wildman–Crippen MR) is 34.4 cm³/mol. The van der Waals surface area contributed by atoms with Crippen LogP contribution in [0.5, 0.6) is 0 Å². The molecular formula is C5H2BrN3. The largest absolute Gasteiger partial charge is 0.229 e. The third-order valence-electron chi connectivity index (χ3n) is 0.749. The first kappa shape index (κ1) is 6.17. The Hall–Kier alpha value is -0.950. The van der Waals surface area contributed by atoms with E-state index in [0.29, 0.717) is 10.3 Å². The van der Waals surface area contributed by atoms with Crippen LogP contribution < -0.4 is 0 Å². The maximum absolute atomic E-state index is 8.28. The van der Waals surface area contributed by atoms with Crippen LogP contribution in [-0.2, 0) is 0 Å². The summed E-state index contributed by atoms with van der Waals surface area (Å²) in [6.07, 6.45) is 2.91. The Morgan fingerprint density at radius 3 is 2.44 bits per heavy atom. The van der Waals surface area contributed by atoms with Crippen LogP contribution in [0, 0.1) is 11.3 Å². The van der Waals surface area contributed by atoms with Crippen molar-refractivity contribution in [2.24, 2.45) is 0 Å². The SMILES string of the molecule is N#Cc1cnc(Br)nc1. The van der Waals surface area contributed by atoms with Gasteiger partial charge in [0, 0.05) is 12.4 Å². The molecule has 0 saturated carbocycles. The molecule has 0 aromatic carbocycles. The van der Waals surface area contributed by atoms with Gasteiger partial charge in [-0.05, 0) is 15.9 Å². The molecule has 1 aromatic heterocycles. The van der Waals surface area contributed by atoms with Gasteiger partial charge < -0.3 is 0 Å². The summed E-state index contributed by atoms with van der Waals surface area (Å²) in [6.45, 7) is 0. The molecule has 0 saturated heterocycles. The predicted octanol–water partition coefficient (Wildman–Crippen LogP) is 1.11. The van der Waals surface area contributed by atoms with Crippen LogP contribution >= 0.6 is 15.9 Å². The normalized spacial score (nSPS) is 8.44. The summed E-state index contributed by atoms with van der Waals surface area (Å²) in [5.41, 5.74) is 0.471. The lowest BCUT2D eigenvalue weighted by Crippen LogP contribution is -1.82. The van der Waals surface area contributed by atoms with Crippen LogP contribution in [0.1, 0.15) is 5.56 Å². The molecule has 1 rings (SSSR count). The van der Waals surface area contributed by atoms with Gasteiger partial charge in [-0.1, -0.05) is 0 Å². The number of nitriles is 1. The number of aromatic nitrogens is 2. The Bertz CT molecular complexity index is 235. The van der Waals surface area contributed by atoms with Gasteiger partial charge in [0.1, 0.15) is 6.07 Å². The highest BCUT2D eigenvalue weighted by molar-refractivity contribution is 9.10. The Labute approximate surface area is 60.5 Å². The molecule has 0 amide bonds. The molecule has 0 atom stereocenters. The van der Waals surface area contributed by atoms with Gasteiger partial charge in [0.15, 0.2) is 4.73 Å². The van der Waals surface area contributed by atoms with Crippen molar-refractivity contribution >= 4 is 15.9 Å². The monoisotopic (exact) mass is 183 g/mol. The van der Waals surface area contributed by atoms with Crippen molar-refractivity contribution in [3.8, 4) is 6.07 Å². The lowest BCUT2D eigenvalue weighted by molar-refractivity contribution is 1.10. The van der Waals surface area contributed by atoms with E-state index in [-0.39, 0.29) is 0 Å². The second-order valence-corrected chi connectivity index (χ2v) is 2.06. The minimum absolute atomic E-state index is 0.471. The van der Waals surface area contributed by atoms with Gasteiger partial charge in [0.2, 0.25) is 0 Å². The van der Waals surface area contributed by atoms with Crippen molar-refractivity contribution in [2.75, 3.05) is 0 Å². The molecule has 0 bridgehead atoms. The standard InChI is InChI=1S/C5H2BrN3/c6-5-8-2-4(1-7)3-9-5/h2-3H. The van der Waals surface area contributed by atoms with E-state index >= 15 is 0 Å². The molecule has 0 aliphatic heterocycles. The van der Waals surface area contributed by atoms with E-state index in [0.717, 1.165) is 0 Å². The molecule has 0 aliphatic carbocycles. The first-order valence-corrected chi connectivity index (χ1v) is 3.00. The van der Waals surface area contributed by atoms with Gasteiger partial charge in [-0.15, -0.1) is 0 Å². The zero-order valence-electron chi connectivity index (χ0n) is 4.37. The smallest absolute Gasteiger partial charge is 0.196 e. The molecule has 4 heteroatoms. The Balaban J connectivity index is 3.06. The highest BCUT2D eigenvalue weighted by Gasteiger charge is 1.89. The minimum atomic E-state index is 0.471. The fourth-order valence-electron chi connectivity index (χ4n) is 0.370. The second-order valence-electron chi connectivity index (χ2n) is 1.35. The average molecular weight is 184 g/mol. The van der Waals surface area contributed by atoms with Gasteiger partial charge >= 0.3 is 0 Å². The molecule has 0 radical (unpaired) electrons. The summed E-state index contributed by atoms with van der Waals surface area (Å²) in [5.74, 6) is 0. The zero-order valence-corrected chi connectivity index (χ0v) is 5.96. The van der Waals surface area contributed by atoms with Crippen LogP contribution in [0.2, 0.25) is 0 Å². The maximum atomic E-state index is 8.28. The number of hydrogen-bond acceptors (Lipinski definition) is 3. The first-order valence-electron chi connectivity index (χ1n) is 2.20. The molecular weight excluding hydrogens is 182 g/mol. The van der Waals surface area contributed by atoms with Crippen molar-refractivity contribution in [3.05, 3.63) is 22.7 Å². The molecule has 0 unspecified atom stereocenters. The molecule has 0 N–H and O–H groups in total. The van der Waals surface area contributed by atoms with Gasteiger partial charge in [-0.2, -0.15) is 5.26 Å². The molecule has 1 aromatic rings. The zero-order chi connectivity index (χ0) is 6.69. The molecule has 0 aliphatic rings. The van der Waals surface area contributed by atoms with E-state index < -0.39 is 0 Å². The average Bonchev–Trinajstić information content (AvgIpc) is 1.90. The molecule has 1 heterocycles. The van der Waals surface area contributed by atoms with Crippen molar-refractivity contribution < 1.29 is 0 Å². The molecule has 44 valence electrons. The van der Waals surface area contributed by atoms with Crippen LogP contribution in [0.3, 0.4) is 0 Å². The molecule has 0 spiro atoms. The number of hydrogen-bond donors (Lipinski definition) is 0. The van der Waals surface area contributed by atoms with E-state index in [9.17, 15) is 0 Å². The molecule has 9 heavy (non-hydrogen) atoms. The number of nitrogens with zero attached hydrogens (tertiary/aromatic N) is 3. The highest BCUT2D eigenvalue weighted by Crippen LogP contribution is 1.99. The highest BCUT2D eigenvalue weighted by atomic mass is 79.9. The third-order valence-corrected chi connectivity index (χ3v) is 1.16. The lowest BCUT2D eigenvalue weighted by atomic mass is 10.4. The van der Waals surface area contributed by atoms with Crippen molar-refractivity contribution in [3.63, 3.8) is 0 Å². The maximum Gasteiger partial charge on any atom is 0.196 e. The molecule has 3 nitrogen and oxygen atoms in total. The van der Waals surface area contributed by atoms with Crippen molar-refractivity contribution in [1.29, 1.82) is 5.26 Å². The minimum Gasteiger partial charge on any atom is -0.229 e. The Kier molecular flexibility index (Phi) is 1.75. The van der Waals surface area contributed by atoms with Crippen LogP contribution in [0.15, 0.2) is 17.1 Å². The molecule has 0 fully saturated rings. The third kappa shape index (κ3) is 1.47.